The molecule has 0 bridgehead atoms. The topological polar surface area (TPSA) is 73.2 Å². The van der Waals surface area contributed by atoms with E-state index in [1.807, 2.05) is 0 Å². The summed E-state index contributed by atoms with van der Waals surface area (Å²) in [7, 11) is 0. The first kappa shape index (κ1) is 21.4. The van der Waals surface area contributed by atoms with Crippen molar-refractivity contribution < 1.29 is 22.7 Å². The highest BCUT2D eigenvalue weighted by Gasteiger charge is 2.24. The van der Waals surface area contributed by atoms with Crippen LogP contribution in [-0.4, -0.2) is 21.2 Å². The minimum absolute atomic E-state index is 0.0426. The zero-order valence-corrected chi connectivity index (χ0v) is 16.8. The predicted molar refractivity (Wildman–Crippen MR) is 105 cm³/mol. The minimum Gasteiger partial charge on any atom is -0.444 e. The van der Waals surface area contributed by atoms with E-state index in [2.05, 4.69) is 10.3 Å². The highest BCUT2D eigenvalue weighted by atomic mass is 19.1. The molecule has 3 rings (SSSR count). The van der Waals surface area contributed by atoms with Crippen LogP contribution in [0.1, 0.15) is 39.6 Å². The van der Waals surface area contributed by atoms with E-state index >= 15 is 0 Å². The highest BCUT2D eigenvalue weighted by Crippen LogP contribution is 2.21. The molecule has 0 aliphatic carbocycles. The van der Waals surface area contributed by atoms with Gasteiger partial charge in [-0.25, -0.2) is 22.9 Å². The summed E-state index contributed by atoms with van der Waals surface area (Å²) in [6.45, 7) is 6.56. The van der Waals surface area contributed by atoms with Gasteiger partial charge in [0.05, 0.1) is 17.2 Å². The van der Waals surface area contributed by atoms with E-state index in [1.165, 1.54) is 19.1 Å². The lowest BCUT2D eigenvalue weighted by Gasteiger charge is -2.23. The molecule has 0 spiro atoms. The number of nitrogens with one attached hydrogen (secondary N) is 1. The Morgan fingerprint density at radius 1 is 1.13 bits per heavy atom. The Bertz CT molecular complexity index is 1170. The maximum Gasteiger partial charge on any atom is 0.408 e. The van der Waals surface area contributed by atoms with Crippen molar-refractivity contribution in [1.29, 1.82) is 0 Å². The maximum atomic E-state index is 14.3. The molecular formula is C21H20F3N3O3. The Morgan fingerprint density at radius 2 is 1.77 bits per heavy atom. The first-order valence-corrected chi connectivity index (χ1v) is 9.13. The number of benzene rings is 2. The summed E-state index contributed by atoms with van der Waals surface area (Å²) >= 11 is 0. The Hall–Kier alpha value is -3.36. The molecule has 0 unspecified atom stereocenters. The van der Waals surface area contributed by atoms with Crippen LogP contribution in [0.5, 0.6) is 0 Å². The molecule has 1 N–H and O–H groups in total. The van der Waals surface area contributed by atoms with Crippen molar-refractivity contribution in [3.05, 3.63) is 70.0 Å². The van der Waals surface area contributed by atoms with Crippen LogP contribution in [0.2, 0.25) is 0 Å². The van der Waals surface area contributed by atoms with E-state index in [1.54, 1.807) is 20.8 Å². The molecule has 1 aromatic heterocycles. The molecule has 1 heterocycles. The van der Waals surface area contributed by atoms with Gasteiger partial charge in [0.15, 0.2) is 0 Å². The third kappa shape index (κ3) is 4.45. The third-order valence-corrected chi connectivity index (χ3v) is 4.10. The molecule has 9 heteroatoms. The van der Waals surface area contributed by atoms with Crippen LogP contribution < -0.4 is 10.9 Å². The van der Waals surface area contributed by atoms with Crippen molar-refractivity contribution in [2.75, 3.05) is 0 Å². The highest BCUT2D eigenvalue weighted by molar-refractivity contribution is 5.79. The molecule has 158 valence electrons. The van der Waals surface area contributed by atoms with Crippen LogP contribution in [0.15, 0.2) is 41.2 Å². The van der Waals surface area contributed by atoms with E-state index < -0.39 is 40.7 Å². The van der Waals surface area contributed by atoms with Gasteiger partial charge in [-0.1, -0.05) is 6.07 Å². The van der Waals surface area contributed by atoms with Crippen molar-refractivity contribution in [2.45, 2.75) is 39.3 Å². The van der Waals surface area contributed by atoms with Gasteiger partial charge in [-0.2, -0.15) is 0 Å². The zero-order valence-electron chi connectivity index (χ0n) is 16.8. The summed E-state index contributed by atoms with van der Waals surface area (Å²) in [4.78, 5) is 29.6. The SMILES string of the molecule is C[C@H](NC(=O)OC(C)(C)C)c1nc2cccc(F)c2c(=O)n1-c1cc(F)cc(F)c1. The Kier molecular flexibility index (Phi) is 5.56. The fourth-order valence-corrected chi connectivity index (χ4v) is 2.96. The number of hydrogen-bond acceptors (Lipinski definition) is 4. The molecule has 0 saturated carbocycles. The van der Waals surface area contributed by atoms with Crippen LogP contribution in [0.25, 0.3) is 16.6 Å². The summed E-state index contributed by atoms with van der Waals surface area (Å²) < 4.78 is 48.1. The fourth-order valence-electron chi connectivity index (χ4n) is 2.96. The van der Waals surface area contributed by atoms with Gasteiger partial charge in [0.1, 0.15) is 34.3 Å². The number of nitrogens with zero attached hydrogens (tertiary/aromatic N) is 2. The van der Waals surface area contributed by atoms with Gasteiger partial charge in [-0.3, -0.25) is 9.36 Å². The number of halogens is 3. The van der Waals surface area contributed by atoms with Crippen LogP contribution in [0, 0.1) is 17.5 Å². The molecular weight excluding hydrogens is 399 g/mol. The van der Waals surface area contributed by atoms with Crippen molar-refractivity contribution in [3.63, 3.8) is 0 Å². The van der Waals surface area contributed by atoms with Crippen LogP contribution in [0.4, 0.5) is 18.0 Å². The molecule has 1 amide bonds. The molecule has 0 aliphatic rings. The number of hydrogen-bond donors (Lipinski definition) is 1. The van der Waals surface area contributed by atoms with E-state index in [9.17, 15) is 22.8 Å². The lowest BCUT2D eigenvalue weighted by molar-refractivity contribution is 0.0505. The number of fused-ring (bicyclic) bond motifs is 1. The zero-order chi connectivity index (χ0) is 22.2. The van der Waals surface area contributed by atoms with Crippen molar-refractivity contribution in [2.24, 2.45) is 0 Å². The molecule has 0 fully saturated rings. The van der Waals surface area contributed by atoms with E-state index in [0.29, 0.717) is 6.07 Å². The van der Waals surface area contributed by atoms with Crippen molar-refractivity contribution >= 4 is 17.0 Å². The Balaban J connectivity index is 2.22. The predicted octanol–water partition coefficient (Wildman–Crippen LogP) is 4.39. The second kappa shape index (κ2) is 7.81. The van der Waals surface area contributed by atoms with Crippen LogP contribution >= 0.6 is 0 Å². The molecule has 0 aliphatic heterocycles. The first-order valence-electron chi connectivity index (χ1n) is 9.13. The number of aromatic nitrogens is 2. The van der Waals surface area contributed by atoms with Gasteiger partial charge in [0, 0.05) is 6.07 Å². The van der Waals surface area contributed by atoms with Gasteiger partial charge in [0.2, 0.25) is 0 Å². The second-order valence-corrected chi connectivity index (χ2v) is 7.74. The molecule has 6 nitrogen and oxygen atoms in total. The lowest BCUT2D eigenvalue weighted by Crippen LogP contribution is -2.37. The number of amides is 1. The summed E-state index contributed by atoms with van der Waals surface area (Å²) in [6, 6.07) is 5.47. The van der Waals surface area contributed by atoms with Gasteiger partial charge in [-0.15, -0.1) is 0 Å². The smallest absolute Gasteiger partial charge is 0.408 e. The maximum absolute atomic E-state index is 14.3. The molecule has 30 heavy (non-hydrogen) atoms. The Morgan fingerprint density at radius 3 is 2.37 bits per heavy atom. The van der Waals surface area contributed by atoms with Gasteiger partial charge in [-0.05, 0) is 52.0 Å². The van der Waals surface area contributed by atoms with Crippen molar-refractivity contribution in [1.82, 2.24) is 14.9 Å². The molecule has 2 aromatic carbocycles. The summed E-state index contributed by atoms with van der Waals surface area (Å²) in [5.41, 5.74) is -1.78. The monoisotopic (exact) mass is 419 g/mol. The number of alkyl carbamates (subject to hydrolysis) is 1. The van der Waals surface area contributed by atoms with Gasteiger partial charge >= 0.3 is 6.09 Å². The minimum atomic E-state index is -0.927. The second-order valence-electron chi connectivity index (χ2n) is 7.74. The van der Waals surface area contributed by atoms with E-state index in [0.717, 1.165) is 22.8 Å². The number of carbonyl (C=O) groups excluding carboxylic acids is 1. The van der Waals surface area contributed by atoms with Crippen molar-refractivity contribution in [3.8, 4) is 5.69 Å². The third-order valence-electron chi connectivity index (χ3n) is 4.10. The van der Waals surface area contributed by atoms with Gasteiger partial charge in [0.25, 0.3) is 5.56 Å². The fraction of sp³-hybridized carbons (Fsp3) is 0.286. The molecule has 1 atom stereocenters. The molecule has 3 aromatic rings. The number of rotatable bonds is 3. The lowest BCUT2D eigenvalue weighted by atomic mass is 10.2. The van der Waals surface area contributed by atoms with E-state index in [4.69, 9.17) is 4.74 Å². The average Bonchev–Trinajstić information content (AvgIpc) is 2.58. The Labute approximate surface area is 170 Å². The number of ether oxygens (including phenoxy) is 1. The van der Waals surface area contributed by atoms with Gasteiger partial charge < -0.3 is 10.1 Å². The summed E-state index contributed by atoms with van der Waals surface area (Å²) in [5.74, 6) is -2.72. The van der Waals surface area contributed by atoms with Crippen LogP contribution in [0.3, 0.4) is 0 Å². The first-order chi connectivity index (χ1) is 14.0. The summed E-state index contributed by atoms with van der Waals surface area (Å²) in [6.07, 6.45) is -0.777. The largest absolute Gasteiger partial charge is 0.444 e. The average molecular weight is 419 g/mol. The van der Waals surface area contributed by atoms with E-state index in [-0.39, 0.29) is 22.4 Å². The quantitative estimate of drug-likeness (QED) is 0.684. The van der Waals surface area contributed by atoms with Crippen LogP contribution in [-0.2, 0) is 4.74 Å². The molecule has 0 radical (unpaired) electrons. The normalized spacial score (nSPS) is 12.6. The standard InChI is InChI=1S/C21H20F3N3O3/c1-11(25-20(29)30-21(2,3)4)18-26-16-7-5-6-15(24)17(16)19(28)27(18)14-9-12(22)8-13(23)10-14/h5-11H,1-4H3,(H,25,29)/t11-/m0/s1. The number of carbonyl (C=O) groups is 1. The molecule has 0 saturated heterocycles. The summed E-state index contributed by atoms with van der Waals surface area (Å²) in [5, 5.41) is 2.20.